The van der Waals surface area contributed by atoms with Gasteiger partial charge >= 0.3 is 0 Å². The van der Waals surface area contributed by atoms with Gasteiger partial charge in [-0.25, -0.2) is 0 Å². The summed E-state index contributed by atoms with van der Waals surface area (Å²) < 4.78 is 1.93. The molecule has 27 heavy (non-hydrogen) atoms. The Balaban J connectivity index is 1.96. The fourth-order valence-corrected chi connectivity index (χ4v) is 3.31. The first kappa shape index (κ1) is 19.0. The molecule has 136 valence electrons. The van der Waals surface area contributed by atoms with Gasteiger partial charge in [-0.2, -0.15) is 0 Å². The highest BCUT2D eigenvalue weighted by atomic mass is 35.5. The number of rotatable bonds is 6. The summed E-state index contributed by atoms with van der Waals surface area (Å²) in [5.41, 5.74) is 2.96. The Kier molecular flexibility index (Phi) is 6.17. The minimum absolute atomic E-state index is 0.149. The third-order valence-electron chi connectivity index (χ3n) is 3.75. The number of halogens is 1. The summed E-state index contributed by atoms with van der Waals surface area (Å²) in [5, 5.41) is 12.6. The smallest absolute Gasteiger partial charge is 0.231 e. The van der Waals surface area contributed by atoms with E-state index in [9.17, 15) is 4.79 Å². The Labute approximate surface area is 167 Å². The second-order valence-electron chi connectivity index (χ2n) is 5.75. The van der Waals surface area contributed by atoms with Gasteiger partial charge in [0.2, 0.25) is 5.91 Å². The number of nitrogens with zero attached hydrogens (tertiary/aromatic N) is 3. The van der Waals surface area contributed by atoms with E-state index in [1.165, 1.54) is 11.8 Å². The molecule has 3 rings (SSSR count). The monoisotopic (exact) mass is 396 g/mol. The number of carbonyl (C=O) groups excluding carboxylic acids is 1. The van der Waals surface area contributed by atoms with Crippen LogP contribution in [-0.2, 0) is 4.79 Å². The molecule has 1 N–H and O–H groups in total. The van der Waals surface area contributed by atoms with Crippen LogP contribution in [0.25, 0.3) is 17.1 Å². The average molecular weight is 397 g/mol. The van der Waals surface area contributed by atoms with Gasteiger partial charge in [-0.15, -0.1) is 16.6 Å². The van der Waals surface area contributed by atoms with Gasteiger partial charge in [0.15, 0.2) is 11.0 Å². The highest BCUT2D eigenvalue weighted by Gasteiger charge is 2.17. The number of amides is 1. The summed E-state index contributed by atoms with van der Waals surface area (Å²) in [4.78, 5) is 11.9. The van der Waals surface area contributed by atoms with Gasteiger partial charge in [0.25, 0.3) is 0 Å². The molecule has 0 aliphatic carbocycles. The Morgan fingerprint density at radius 3 is 2.56 bits per heavy atom. The average Bonchev–Trinajstić information content (AvgIpc) is 3.10. The van der Waals surface area contributed by atoms with Crippen molar-refractivity contribution in [1.29, 1.82) is 0 Å². The molecule has 1 amide bonds. The zero-order chi connectivity index (χ0) is 19.2. The van der Waals surface area contributed by atoms with Gasteiger partial charge in [-0.3, -0.25) is 9.36 Å². The second-order valence-corrected chi connectivity index (χ2v) is 7.13. The van der Waals surface area contributed by atoms with E-state index in [-0.39, 0.29) is 18.2 Å². The normalized spacial score (nSPS) is 10.4. The van der Waals surface area contributed by atoms with Crippen LogP contribution in [0.15, 0.2) is 53.7 Å². The van der Waals surface area contributed by atoms with Crippen LogP contribution < -0.4 is 5.32 Å². The number of aromatic nitrogens is 3. The van der Waals surface area contributed by atoms with Gasteiger partial charge in [0.1, 0.15) is 0 Å². The van der Waals surface area contributed by atoms with Crippen molar-refractivity contribution in [3.63, 3.8) is 0 Å². The molecule has 3 aromatic rings. The van der Waals surface area contributed by atoms with Crippen LogP contribution in [0, 0.1) is 19.3 Å². The molecule has 0 bridgehead atoms. The van der Waals surface area contributed by atoms with E-state index < -0.39 is 0 Å². The van der Waals surface area contributed by atoms with Crippen molar-refractivity contribution in [2.75, 3.05) is 12.3 Å². The van der Waals surface area contributed by atoms with E-state index in [4.69, 9.17) is 18.0 Å². The summed E-state index contributed by atoms with van der Waals surface area (Å²) in [6.45, 7) is 2.24. The topological polar surface area (TPSA) is 59.8 Å². The largest absolute Gasteiger partial charge is 0.344 e. The van der Waals surface area contributed by atoms with Gasteiger partial charge in [-0.1, -0.05) is 47.0 Å². The second kappa shape index (κ2) is 8.76. The van der Waals surface area contributed by atoms with Crippen molar-refractivity contribution in [3.8, 4) is 29.4 Å². The molecule has 0 aliphatic heterocycles. The lowest BCUT2D eigenvalue weighted by molar-refractivity contribution is -0.118. The van der Waals surface area contributed by atoms with E-state index in [2.05, 4.69) is 21.4 Å². The number of terminal acetylenes is 1. The van der Waals surface area contributed by atoms with Crippen molar-refractivity contribution >= 4 is 29.3 Å². The molecule has 0 fully saturated rings. The highest BCUT2D eigenvalue weighted by molar-refractivity contribution is 7.99. The number of nitrogens with one attached hydrogen (secondary N) is 1. The number of carbonyl (C=O) groups is 1. The number of benzene rings is 2. The maximum Gasteiger partial charge on any atom is 0.231 e. The minimum atomic E-state index is -0.149. The summed E-state index contributed by atoms with van der Waals surface area (Å²) in [6, 6.07) is 15.5. The summed E-state index contributed by atoms with van der Waals surface area (Å²) >= 11 is 7.31. The molecule has 1 heterocycles. The van der Waals surface area contributed by atoms with E-state index >= 15 is 0 Å². The number of hydrogen-bond donors (Lipinski definition) is 1. The zero-order valence-corrected chi connectivity index (χ0v) is 16.2. The molecule has 0 atom stereocenters. The zero-order valence-electron chi connectivity index (χ0n) is 14.6. The molecular weight excluding hydrogens is 380 g/mol. The van der Waals surface area contributed by atoms with Gasteiger partial charge in [-0.05, 0) is 43.3 Å². The predicted molar refractivity (Wildman–Crippen MR) is 109 cm³/mol. The first-order valence-corrected chi connectivity index (χ1v) is 9.56. The van der Waals surface area contributed by atoms with E-state index in [1.54, 1.807) is 0 Å². The maximum atomic E-state index is 11.9. The van der Waals surface area contributed by atoms with E-state index in [1.807, 2.05) is 60.0 Å². The van der Waals surface area contributed by atoms with Crippen LogP contribution >= 0.6 is 23.4 Å². The molecule has 1 aromatic heterocycles. The van der Waals surface area contributed by atoms with E-state index in [0.29, 0.717) is 16.0 Å². The molecule has 0 saturated heterocycles. The minimum Gasteiger partial charge on any atom is -0.344 e. The molecular formula is C20H17ClN4OS. The number of aryl methyl sites for hydroxylation is 1. The molecule has 7 heteroatoms. The third kappa shape index (κ3) is 4.70. The van der Waals surface area contributed by atoms with Crippen LogP contribution in [-0.4, -0.2) is 33.0 Å². The standard InChI is InChI=1S/C20H17ClN4OS/c1-3-12-22-18(26)13-27-20-24-23-19(15-6-8-16(21)9-7-15)25(20)17-10-4-14(2)5-11-17/h1,4-11H,12-13H2,2H3,(H,22,26). The quantitative estimate of drug-likeness (QED) is 0.509. The first-order valence-electron chi connectivity index (χ1n) is 8.20. The van der Waals surface area contributed by atoms with Crippen LogP contribution in [0.2, 0.25) is 5.02 Å². The van der Waals surface area contributed by atoms with Gasteiger partial charge < -0.3 is 5.32 Å². The SMILES string of the molecule is C#CCNC(=O)CSc1nnc(-c2ccc(Cl)cc2)n1-c1ccc(C)cc1. The summed E-state index contributed by atoms with van der Waals surface area (Å²) in [6.07, 6.45) is 5.17. The highest BCUT2D eigenvalue weighted by Crippen LogP contribution is 2.28. The molecule has 0 spiro atoms. The molecule has 0 saturated carbocycles. The van der Waals surface area contributed by atoms with Gasteiger partial charge in [0, 0.05) is 16.3 Å². The molecule has 2 aromatic carbocycles. The number of thioether (sulfide) groups is 1. The molecule has 5 nitrogen and oxygen atoms in total. The molecule has 0 unspecified atom stereocenters. The molecule has 0 radical (unpaired) electrons. The predicted octanol–water partition coefficient (Wildman–Crippen LogP) is 3.74. The first-order chi connectivity index (χ1) is 13.1. The Bertz CT molecular complexity index is 975. The van der Waals surface area contributed by atoms with Crippen molar-refractivity contribution < 1.29 is 4.79 Å². The van der Waals surface area contributed by atoms with Crippen molar-refractivity contribution in [2.45, 2.75) is 12.1 Å². The van der Waals surface area contributed by atoms with E-state index in [0.717, 1.165) is 16.8 Å². The van der Waals surface area contributed by atoms with Crippen molar-refractivity contribution in [3.05, 3.63) is 59.1 Å². The Hall–Kier alpha value is -2.75. The number of hydrogen-bond acceptors (Lipinski definition) is 4. The van der Waals surface area contributed by atoms with Crippen LogP contribution in [0.5, 0.6) is 0 Å². The summed E-state index contributed by atoms with van der Waals surface area (Å²) in [7, 11) is 0. The lowest BCUT2D eigenvalue weighted by Gasteiger charge is -2.11. The maximum absolute atomic E-state index is 11.9. The Morgan fingerprint density at radius 2 is 1.89 bits per heavy atom. The van der Waals surface area contributed by atoms with Crippen molar-refractivity contribution in [2.24, 2.45) is 0 Å². The van der Waals surface area contributed by atoms with Crippen LogP contribution in [0.3, 0.4) is 0 Å². The van der Waals surface area contributed by atoms with Crippen LogP contribution in [0.1, 0.15) is 5.56 Å². The van der Waals surface area contributed by atoms with Gasteiger partial charge in [0.05, 0.1) is 12.3 Å². The summed E-state index contributed by atoms with van der Waals surface area (Å²) in [5.74, 6) is 3.12. The fraction of sp³-hybridized carbons (Fsp3) is 0.150. The third-order valence-corrected chi connectivity index (χ3v) is 4.93. The lowest BCUT2D eigenvalue weighted by atomic mass is 10.2. The fourth-order valence-electron chi connectivity index (χ4n) is 2.41. The molecule has 0 aliphatic rings. The van der Waals surface area contributed by atoms with Crippen molar-refractivity contribution in [1.82, 2.24) is 20.1 Å². The lowest BCUT2D eigenvalue weighted by Crippen LogP contribution is -2.25. The van der Waals surface area contributed by atoms with Crippen LogP contribution in [0.4, 0.5) is 0 Å². The Morgan fingerprint density at radius 1 is 1.19 bits per heavy atom.